The highest BCUT2D eigenvalue weighted by Gasteiger charge is 2.33. The third-order valence-electron chi connectivity index (χ3n) is 6.04. The lowest BCUT2D eigenvalue weighted by Gasteiger charge is -2.17. The molecule has 198 valence electrons. The summed E-state index contributed by atoms with van der Waals surface area (Å²) in [5.74, 6) is 1.76. The summed E-state index contributed by atoms with van der Waals surface area (Å²) in [7, 11) is 0. The molecule has 9 nitrogen and oxygen atoms in total. The van der Waals surface area contributed by atoms with Gasteiger partial charge in [-0.1, -0.05) is 23.9 Å². The van der Waals surface area contributed by atoms with E-state index in [1.165, 1.54) is 11.8 Å². The second-order valence-corrected chi connectivity index (χ2v) is 11.0. The van der Waals surface area contributed by atoms with Crippen LogP contribution in [0, 0.1) is 24.8 Å². The van der Waals surface area contributed by atoms with Crippen molar-refractivity contribution in [3.8, 4) is 34.4 Å². The molecule has 2 N–H and O–H groups in total. The fourth-order valence-electron chi connectivity index (χ4n) is 4.13. The number of pyridine rings is 1. The highest BCUT2D eigenvalue weighted by Crippen LogP contribution is 2.42. The van der Waals surface area contributed by atoms with Gasteiger partial charge in [0.2, 0.25) is 11.6 Å². The third kappa shape index (κ3) is 5.77. The van der Waals surface area contributed by atoms with Crippen LogP contribution in [0.3, 0.4) is 0 Å². The summed E-state index contributed by atoms with van der Waals surface area (Å²) in [6.45, 7) is 14.1. The number of aromatic nitrogens is 2. The van der Waals surface area contributed by atoms with Gasteiger partial charge in [-0.15, -0.1) is 0 Å². The number of nitrogens with zero attached hydrogens (tertiary/aromatic N) is 4. The first-order valence-electron chi connectivity index (χ1n) is 12.1. The van der Waals surface area contributed by atoms with Crippen molar-refractivity contribution >= 4 is 34.6 Å². The van der Waals surface area contributed by atoms with Crippen LogP contribution in [0.25, 0.3) is 27.4 Å². The summed E-state index contributed by atoms with van der Waals surface area (Å²) in [6, 6.07) is 11.4. The molecule has 0 spiro atoms. The van der Waals surface area contributed by atoms with E-state index in [0.717, 1.165) is 11.3 Å². The van der Waals surface area contributed by atoms with E-state index in [4.69, 9.17) is 30.9 Å². The van der Waals surface area contributed by atoms with Crippen molar-refractivity contribution in [2.75, 3.05) is 18.9 Å². The Bertz CT molecular complexity index is 1570. The quantitative estimate of drug-likeness (QED) is 0.188. The number of nitrogens with two attached hydrogens (primary N) is 1. The molecule has 0 saturated carbocycles. The predicted octanol–water partition coefficient (Wildman–Crippen LogP) is 6.60. The number of ether oxygens (including phenoxy) is 3. The summed E-state index contributed by atoms with van der Waals surface area (Å²) in [4.78, 5) is 12.6. The van der Waals surface area contributed by atoms with Crippen LogP contribution in [0.4, 0.5) is 11.5 Å². The maximum absolute atomic E-state index is 10.1. The predicted molar refractivity (Wildman–Crippen MR) is 150 cm³/mol. The summed E-state index contributed by atoms with van der Waals surface area (Å²) < 4.78 is 23.1. The number of aryl methyl sites for hydroxylation is 1. The minimum atomic E-state index is -0.614. The Morgan fingerprint density at radius 1 is 1.26 bits per heavy atom. The summed E-state index contributed by atoms with van der Waals surface area (Å²) >= 11 is 2.90. The van der Waals surface area contributed by atoms with Crippen LogP contribution >= 0.6 is 23.1 Å². The van der Waals surface area contributed by atoms with Gasteiger partial charge >= 0.3 is 0 Å². The molecule has 39 heavy (non-hydrogen) atoms. The number of hydrogen-bond donors (Lipinski definition) is 1. The second-order valence-electron chi connectivity index (χ2n) is 9.23. The van der Waals surface area contributed by atoms with Crippen molar-refractivity contribution in [2.45, 2.75) is 43.4 Å². The zero-order valence-electron chi connectivity index (χ0n) is 21.6. The molecule has 1 aromatic carbocycles. The van der Waals surface area contributed by atoms with E-state index in [1.807, 2.05) is 37.6 Å². The van der Waals surface area contributed by atoms with E-state index >= 15 is 0 Å². The van der Waals surface area contributed by atoms with Crippen molar-refractivity contribution in [3.63, 3.8) is 0 Å². The second kappa shape index (κ2) is 11.1. The van der Waals surface area contributed by atoms with Gasteiger partial charge in [-0.3, -0.25) is 0 Å². The van der Waals surface area contributed by atoms with Crippen LogP contribution < -0.4 is 10.5 Å². The number of hydrogen-bond acceptors (Lipinski definition) is 10. The van der Waals surface area contributed by atoms with Crippen LogP contribution in [-0.4, -0.2) is 35.1 Å². The van der Waals surface area contributed by atoms with Crippen molar-refractivity contribution in [2.24, 2.45) is 0 Å². The van der Waals surface area contributed by atoms with E-state index in [2.05, 4.69) is 20.9 Å². The molecule has 1 fully saturated rings. The third-order valence-corrected chi connectivity index (χ3v) is 7.71. The molecule has 0 bridgehead atoms. The summed E-state index contributed by atoms with van der Waals surface area (Å²) in [5, 5.41) is 14.5. The average Bonchev–Trinajstić information content (AvgIpc) is 3.66. The number of thiophene rings is 1. The molecule has 5 rings (SSSR count). The fourth-order valence-corrected chi connectivity index (χ4v) is 5.76. The number of thioether (sulfide) groups is 1. The summed E-state index contributed by atoms with van der Waals surface area (Å²) in [5.41, 5.74) is 9.41. The number of nitriles is 1. The topological polar surface area (TPSA) is 121 Å². The van der Waals surface area contributed by atoms with Gasteiger partial charge in [0.15, 0.2) is 5.79 Å². The van der Waals surface area contributed by atoms with Crippen LogP contribution in [0.2, 0.25) is 0 Å². The van der Waals surface area contributed by atoms with Gasteiger partial charge in [0.1, 0.15) is 41.1 Å². The molecule has 11 heteroatoms. The van der Waals surface area contributed by atoms with E-state index in [9.17, 15) is 5.26 Å². The van der Waals surface area contributed by atoms with Gasteiger partial charge in [0.25, 0.3) is 0 Å². The van der Waals surface area contributed by atoms with E-state index in [0.29, 0.717) is 52.5 Å². The lowest BCUT2D eigenvalue weighted by atomic mass is 10.00. The van der Waals surface area contributed by atoms with Crippen molar-refractivity contribution < 1.29 is 18.6 Å². The van der Waals surface area contributed by atoms with Gasteiger partial charge in [-0.2, -0.15) is 16.6 Å². The molecule has 0 unspecified atom stereocenters. The SMILES string of the molecule is [C-]#[N+]c1c(N)nc(SCc2nc(-c3ccsc3)oc2C)c(C#N)c1-c1ccc(OC[C@H]2COC(C)(C)O2)cc1. The first-order chi connectivity index (χ1) is 18.8. The highest BCUT2D eigenvalue weighted by atomic mass is 32.2. The lowest BCUT2D eigenvalue weighted by Crippen LogP contribution is -2.25. The fraction of sp³-hybridized carbons (Fsp3) is 0.286. The van der Waals surface area contributed by atoms with Crippen molar-refractivity contribution in [1.82, 2.24) is 9.97 Å². The molecule has 1 saturated heterocycles. The van der Waals surface area contributed by atoms with Crippen LogP contribution in [0.1, 0.15) is 30.9 Å². The number of nitrogen functional groups attached to an aromatic ring is 1. The minimum Gasteiger partial charge on any atom is -0.491 e. The van der Waals surface area contributed by atoms with E-state index in [1.54, 1.807) is 35.6 Å². The van der Waals surface area contributed by atoms with E-state index < -0.39 is 5.79 Å². The number of oxazole rings is 1. The number of benzene rings is 1. The Labute approximate surface area is 234 Å². The number of rotatable bonds is 8. The largest absolute Gasteiger partial charge is 0.491 e. The Balaban J connectivity index is 1.38. The Morgan fingerprint density at radius 3 is 2.69 bits per heavy atom. The first-order valence-corrected chi connectivity index (χ1v) is 14.0. The van der Waals surface area contributed by atoms with Gasteiger partial charge in [-0.25, -0.2) is 14.8 Å². The van der Waals surface area contributed by atoms with Crippen molar-refractivity contribution in [1.29, 1.82) is 5.26 Å². The molecule has 1 atom stereocenters. The van der Waals surface area contributed by atoms with Crippen LogP contribution in [0.5, 0.6) is 5.75 Å². The maximum atomic E-state index is 10.1. The minimum absolute atomic E-state index is 0.0682. The molecule has 3 aromatic heterocycles. The van der Waals surface area contributed by atoms with Crippen LogP contribution in [-0.2, 0) is 15.2 Å². The molecular weight excluding hydrogens is 534 g/mol. The smallest absolute Gasteiger partial charge is 0.236 e. The molecule has 0 aliphatic carbocycles. The van der Waals surface area contributed by atoms with Gasteiger partial charge < -0.3 is 24.4 Å². The average molecular weight is 560 g/mol. The van der Waals surface area contributed by atoms with E-state index in [-0.39, 0.29) is 23.2 Å². The van der Waals surface area contributed by atoms with Gasteiger partial charge in [-0.05, 0) is 49.9 Å². The Hall–Kier alpha value is -3.87. The molecular formula is C28H25N5O4S2. The Kier molecular flexibility index (Phi) is 7.60. The molecule has 0 amide bonds. The zero-order valence-corrected chi connectivity index (χ0v) is 23.2. The molecule has 1 aliphatic rings. The summed E-state index contributed by atoms with van der Waals surface area (Å²) in [6.07, 6.45) is -0.159. The molecule has 4 heterocycles. The van der Waals surface area contributed by atoms with Gasteiger partial charge in [0.05, 0.1) is 24.4 Å². The lowest BCUT2D eigenvalue weighted by molar-refractivity contribution is -0.141. The van der Waals surface area contributed by atoms with Crippen LogP contribution in [0.15, 0.2) is 50.5 Å². The molecule has 1 aliphatic heterocycles. The standard InChI is InChI=1S/C28H25N5O4S2/c1-16-22(32-26(36-16)18-9-10-38-14-18)15-39-27-21(11-29)23(24(31-4)25(30)33-27)17-5-7-19(8-6-17)34-12-20-13-35-28(2,3)37-20/h5-10,14,20H,12-13,15H2,1-3H3,(H2,30,33)/t20-/m0/s1. The first kappa shape index (κ1) is 26.7. The Morgan fingerprint density at radius 2 is 2.05 bits per heavy atom. The normalized spacial score (nSPS) is 16.1. The van der Waals surface area contributed by atoms with Crippen molar-refractivity contribution in [3.05, 3.63) is 69.5 Å². The zero-order chi connectivity index (χ0) is 27.6. The molecule has 4 aromatic rings. The monoisotopic (exact) mass is 559 g/mol. The highest BCUT2D eigenvalue weighted by molar-refractivity contribution is 7.98. The maximum Gasteiger partial charge on any atom is 0.236 e. The van der Waals surface area contributed by atoms with Gasteiger partial charge in [0, 0.05) is 22.3 Å². The molecule has 0 radical (unpaired) electrons. The number of anilines is 1.